The summed E-state index contributed by atoms with van der Waals surface area (Å²) in [5, 5.41) is 4.08. The summed E-state index contributed by atoms with van der Waals surface area (Å²) in [6, 6.07) is 0. The number of alkyl halides is 1. The zero-order valence-electron chi connectivity index (χ0n) is 11.6. The van der Waals surface area contributed by atoms with Crippen LogP contribution in [0.5, 0.6) is 0 Å². The van der Waals surface area contributed by atoms with Gasteiger partial charge in [0, 0.05) is 24.9 Å². The molecule has 1 aliphatic carbocycles. The number of amides is 1. The molecule has 106 valence electrons. The highest BCUT2D eigenvalue weighted by Crippen LogP contribution is 2.32. The summed E-state index contributed by atoms with van der Waals surface area (Å²) < 4.78 is 5.50. The molecule has 1 N–H and O–H groups in total. The van der Waals surface area contributed by atoms with E-state index in [4.69, 9.17) is 4.74 Å². The Labute approximate surface area is 119 Å². The van der Waals surface area contributed by atoms with Crippen molar-refractivity contribution < 1.29 is 9.53 Å². The van der Waals surface area contributed by atoms with Gasteiger partial charge in [0.25, 0.3) is 0 Å². The Morgan fingerprint density at radius 2 is 2.17 bits per heavy atom. The van der Waals surface area contributed by atoms with Crippen molar-refractivity contribution in [2.24, 2.45) is 11.8 Å². The minimum absolute atomic E-state index is 0.211. The van der Waals surface area contributed by atoms with E-state index in [1.165, 1.54) is 0 Å². The lowest BCUT2D eigenvalue weighted by molar-refractivity contribution is -0.124. The molecule has 0 aromatic carbocycles. The molecule has 0 spiro atoms. The van der Waals surface area contributed by atoms with Crippen LogP contribution in [0.25, 0.3) is 0 Å². The van der Waals surface area contributed by atoms with Crippen molar-refractivity contribution in [1.29, 1.82) is 0 Å². The van der Waals surface area contributed by atoms with Crippen LogP contribution in [0.1, 0.15) is 46.0 Å². The molecule has 0 heterocycles. The molecule has 0 aromatic heterocycles. The fraction of sp³-hybridized carbons (Fsp3) is 0.929. The largest absolute Gasteiger partial charge is 0.378 e. The Hall–Kier alpha value is -0.0900. The third-order valence-corrected chi connectivity index (χ3v) is 4.21. The van der Waals surface area contributed by atoms with E-state index in [1.807, 2.05) is 6.92 Å². The molecular formula is C14H26BrNO2. The van der Waals surface area contributed by atoms with Crippen LogP contribution >= 0.6 is 15.9 Å². The molecule has 0 radical (unpaired) electrons. The fourth-order valence-electron chi connectivity index (χ4n) is 2.41. The second-order valence-electron chi connectivity index (χ2n) is 5.17. The molecule has 1 atom stereocenters. The summed E-state index contributed by atoms with van der Waals surface area (Å²) in [7, 11) is 0. The second-order valence-corrected chi connectivity index (χ2v) is 5.97. The van der Waals surface area contributed by atoms with Gasteiger partial charge in [0.2, 0.25) is 5.91 Å². The third kappa shape index (κ3) is 5.70. The Bertz CT molecular complexity index is 242. The van der Waals surface area contributed by atoms with Gasteiger partial charge in [0.15, 0.2) is 0 Å². The van der Waals surface area contributed by atoms with Crippen molar-refractivity contribution in [2.45, 2.75) is 52.1 Å². The topological polar surface area (TPSA) is 38.3 Å². The average molecular weight is 320 g/mol. The first-order valence-electron chi connectivity index (χ1n) is 7.13. The maximum absolute atomic E-state index is 11.8. The fourth-order valence-corrected chi connectivity index (χ4v) is 3.06. The summed E-state index contributed by atoms with van der Waals surface area (Å²) in [6.07, 6.45) is 5.45. The molecule has 1 amide bonds. The monoisotopic (exact) mass is 319 g/mol. The number of carbonyl (C=O) groups excluding carboxylic acids is 1. The first-order chi connectivity index (χ1) is 8.69. The van der Waals surface area contributed by atoms with Gasteiger partial charge >= 0.3 is 0 Å². The second kappa shape index (κ2) is 8.92. The summed E-state index contributed by atoms with van der Waals surface area (Å²) in [5.74, 6) is 1.35. The van der Waals surface area contributed by atoms with E-state index in [0.717, 1.165) is 44.2 Å². The number of carbonyl (C=O) groups is 1. The lowest BCUT2D eigenvalue weighted by Crippen LogP contribution is -2.37. The van der Waals surface area contributed by atoms with E-state index in [1.54, 1.807) is 0 Å². The molecule has 4 heteroatoms. The van der Waals surface area contributed by atoms with Gasteiger partial charge in [-0.15, -0.1) is 0 Å². The van der Waals surface area contributed by atoms with E-state index in [0.29, 0.717) is 24.4 Å². The third-order valence-electron chi connectivity index (χ3n) is 3.75. The van der Waals surface area contributed by atoms with E-state index >= 15 is 0 Å². The molecule has 0 aromatic rings. The Balaban J connectivity index is 2.07. The highest BCUT2D eigenvalue weighted by molar-refractivity contribution is 9.09. The van der Waals surface area contributed by atoms with Gasteiger partial charge in [0.1, 0.15) is 0 Å². The lowest BCUT2D eigenvalue weighted by atomic mass is 9.80. The van der Waals surface area contributed by atoms with Gasteiger partial charge in [-0.05, 0) is 38.0 Å². The van der Waals surface area contributed by atoms with Gasteiger partial charge < -0.3 is 10.1 Å². The van der Waals surface area contributed by atoms with Crippen LogP contribution in [-0.2, 0) is 9.53 Å². The Morgan fingerprint density at radius 1 is 1.44 bits per heavy atom. The van der Waals surface area contributed by atoms with E-state index in [9.17, 15) is 4.79 Å². The van der Waals surface area contributed by atoms with Gasteiger partial charge in [-0.2, -0.15) is 0 Å². The number of hydrogen-bond donors (Lipinski definition) is 1. The van der Waals surface area contributed by atoms with Crippen LogP contribution < -0.4 is 5.32 Å². The Morgan fingerprint density at radius 3 is 2.72 bits per heavy atom. The van der Waals surface area contributed by atoms with Crippen molar-refractivity contribution in [3.05, 3.63) is 0 Å². The van der Waals surface area contributed by atoms with Crippen LogP contribution in [0.4, 0.5) is 0 Å². The molecule has 3 nitrogen and oxygen atoms in total. The molecule has 18 heavy (non-hydrogen) atoms. The molecule has 0 aliphatic heterocycles. The molecule has 1 unspecified atom stereocenters. The quantitative estimate of drug-likeness (QED) is 0.663. The van der Waals surface area contributed by atoms with Crippen LogP contribution in [-0.4, -0.2) is 30.5 Å². The van der Waals surface area contributed by atoms with E-state index in [-0.39, 0.29) is 5.91 Å². The lowest BCUT2D eigenvalue weighted by Gasteiger charge is -2.34. The van der Waals surface area contributed by atoms with Crippen molar-refractivity contribution in [2.75, 3.05) is 18.5 Å². The Kier molecular flexibility index (Phi) is 7.91. The molecule has 1 fully saturated rings. The van der Waals surface area contributed by atoms with Crippen molar-refractivity contribution in [3.8, 4) is 0 Å². The van der Waals surface area contributed by atoms with Crippen molar-refractivity contribution in [1.82, 2.24) is 5.32 Å². The van der Waals surface area contributed by atoms with Crippen LogP contribution in [0.15, 0.2) is 0 Å². The number of hydrogen-bond acceptors (Lipinski definition) is 2. The van der Waals surface area contributed by atoms with Crippen molar-refractivity contribution in [3.63, 3.8) is 0 Å². The normalized spacial score (nSPS) is 24.4. The maximum Gasteiger partial charge on any atom is 0.220 e. The number of nitrogens with one attached hydrogen (secondary N) is 1. The standard InChI is InChI=1S/C14H26BrNO2/c1-3-11(5-6-15)10-16-14(17)9-12-7-13(8-12)18-4-2/h11-13H,3-10H2,1-2H3,(H,16,17). The molecule has 1 rings (SSSR count). The number of rotatable bonds is 9. The predicted molar refractivity (Wildman–Crippen MR) is 78.0 cm³/mol. The summed E-state index contributed by atoms with van der Waals surface area (Å²) >= 11 is 3.45. The molecule has 1 saturated carbocycles. The molecule has 1 aliphatic rings. The smallest absolute Gasteiger partial charge is 0.220 e. The average Bonchev–Trinajstić information content (AvgIpc) is 2.32. The van der Waals surface area contributed by atoms with Gasteiger partial charge in [-0.1, -0.05) is 29.3 Å². The highest BCUT2D eigenvalue weighted by atomic mass is 79.9. The maximum atomic E-state index is 11.8. The van der Waals surface area contributed by atoms with Crippen LogP contribution in [0.3, 0.4) is 0 Å². The number of halogens is 1. The predicted octanol–water partition coefficient (Wildman–Crippen LogP) is 3.12. The minimum atomic E-state index is 0.211. The number of ether oxygens (including phenoxy) is 1. The first kappa shape index (κ1) is 16.0. The van der Waals surface area contributed by atoms with Crippen LogP contribution in [0, 0.1) is 11.8 Å². The highest BCUT2D eigenvalue weighted by Gasteiger charge is 2.30. The summed E-state index contributed by atoms with van der Waals surface area (Å²) in [5.41, 5.74) is 0. The molecule has 0 saturated heterocycles. The SMILES string of the molecule is CCOC1CC(CC(=O)NCC(CC)CCBr)C1. The zero-order valence-corrected chi connectivity index (χ0v) is 13.2. The summed E-state index contributed by atoms with van der Waals surface area (Å²) in [6.45, 7) is 5.81. The van der Waals surface area contributed by atoms with Gasteiger partial charge in [-0.25, -0.2) is 0 Å². The summed E-state index contributed by atoms with van der Waals surface area (Å²) in [4.78, 5) is 11.8. The van der Waals surface area contributed by atoms with E-state index < -0.39 is 0 Å². The molecular weight excluding hydrogens is 294 g/mol. The van der Waals surface area contributed by atoms with Crippen LogP contribution in [0.2, 0.25) is 0 Å². The van der Waals surface area contributed by atoms with Crippen molar-refractivity contribution >= 4 is 21.8 Å². The minimum Gasteiger partial charge on any atom is -0.378 e. The zero-order chi connectivity index (χ0) is 13.4. The van der Waals surface area contributed by atoms with Gasteiger partial charge in [0.05, 0.1) is 6.10 Å². The van der Waals surface area contributed by atoms with Gasteiger partial charge in [-0.3, -0.25) is 4.79 Å². The molecule has 0 bridgehead atoms. The van der Waals surface area contributed by atoms with E-state index in [2.05, 4.69) is 28.2 Å². The first-order valence-corrected chi connectivity index (χ1v) is 8.25.